The maximum atomic E-state index is 13.5. The second-order valence-electron chi connectivity index (χ2n) is 5.30. The summed E-state index contributed by atoms with van der Waals surface area (Å²) in [5.74, 6) is -2.60. The van der Waals surface area contributed by atoms with Gasteiger partial charge in [-0.2, -0.15) is 0 Å². The van der Waals surface area contributed by atoms with Gasteiger partial charge in [0.15, 0.2) is 0 Å². The number of urea groups is 1. The van der Waals surface area contributed by atoms with Gasteiger partial charge >= 0.3 is 6.03 Å². The number of nitrogens with one attached hydrogen (secondary N) is 2. The monoisotopic (exact) mass is 377 g/mol. The molecule has 4 amide bonds. The lowest BCUT2D eigenvalue weighted by molar-refractivity contribution is -0.119. The summed E-state index contributed by atoms with van der Waals surface area (Å²) in [6, 6.07) is 9.78. The second kappa shape index (κ2) is 6.56. The molecule has 0 aliphatic carbocycles. The largest absolute Gasteiger partial charge is 0.326 e. The van der Waals surface area contributed by atoms with Crippen molar-refractivity contribution in [1.29, 1.82) is 0 Å². The van der Waals surface area contributed by atoms with Gasteiger partial charge in [0.2, 0.25) is 5.91 Å². The minimum Gasteiger partial charge on any atom is -0.305 e. The molecule has 0 radical (unpaired) electrons. The van der Waals surface area contributed by atoms with Gasteiger partial charge in [0.25, 0.3) is 15.9 Å². The molecule has 2 N–H and O–H groups in total. The first-order chi connectivity index (χ1) is 12.3. The lowest BCUT2D eigenvalue weighted by Crippen LogP contribution is -2.43. The van der Waals surface area contributed by atoms with Crippen LogP contribution in [0.1, 0.15) is 10.4 Å². The SMILES string of the molecule is O=C(CN1C(=O)c2ccccc2S1(=O)=O)NC(=O)Nc1ccccc1F. The molecule has 0 saturated heterocycles. The Bertz CT molecular complexity index is 1020. The molecule has 0 saturated carbocycles. The molecule has 1 aliphatic heterocycles. The van der Waals surface area contributed by atoms with E-state index in [1.54, 1.807) is 0 Å². The number of nitrogens with zero attached hydrogens (tertiary/aromatic N) is 1. The van der Waals surface area contributed by atoms with E-state index >= 15 is 0 Å². The smallest absolute Gasteiger partial charge is 0.305 e. The molecule has 1 aliphatic rings. The molecule has 26 heavy (non-hydrogen) atoms. The van der Waals surface area contributed by atoms with E-state index in [2.05, 4.69) is 5.32 Å². The van der Waals surface area contributed by atoms with Crippen molar-refractivity contribution < 1.29 is 27.2 Å². The van der Waals surface area contributed by atoms with Crippen LogP contribution >= 0.6 is 0 Å². The van der Waals surface area contributed by atoms with Crippen LogP contribution in [0.25, 0.3) is 0 Å². The first kappa shape index (κ1) is 17.5. The summed E-state index contributed by atoms with van der Waals surface area (Å²) in [5.41, 5.74) is -0.203. The van der Waals surface area contributed by atoms with E-state index in [0.29, 0.717) is 4.31 Å². The van der Waals surface area contributed by atoms with Crippen molar-refractivity contribution in [2.45, 2.75) is 4.90 Å². The third-order valence-corrected chi connectivity index (χ3v) is 5.36. The van der Waals surface area contributed by atoms with Gasteiger partial charge in [-0.3, -0.25) is 14.9 Å². The molecule has 8 nitrogen and oxygen atoms in total. The number of benzene rings is 2. The van der Waals surface area contributed by atoms with E-state index < -0.39 is 40.2 Å². The number of carbonyl (C=O) groups is 3. The first-order valence-corrected chi connectivity index (χ1v) is 8.76. The highest BCUT2D eigenvalue weighted by Gasteiger charge is 2.41. The molecule has 0 unspecified atom stereocenters. The highest BCUT2D eigenvalue weighted by atomic mass is 32.2. The molecule has 3 rings (SSSR count). The third-order valence-electron chi connectivity index (χ3n) is 3.57. The average molecular weight is 377 g/mol. The van der Waals surface area contributed by atoms with Gasteiger partial charge in [-0.15, -0.1) is 0 Å². The molecule has 2 aromatic rings. The van der Waals surface area contributed by atoms with Crippen LogP contribution < -0.4 is 10.6 Å². The molecule has 0 bridgehead atoms. The van der Waals surface area contributed by atoms with Crippen LogP contribution in [0.3, 0.4) is 0 Å². The Hall–Kier alpha value is -3.27. The van der Waals surface area contributed by atoms with Gasteiger partial charge in [0, 0.05) is 0 Å². The molecule has 0 fully saturated rings. The van der Waals surface area contributed by atoms with Crippen molar-refractivity contribution >= 4 is 33.6 Å². The highest BCUT2D eigenvalue weighted by Crippen LogP contribution is 2.29. The predicted octanol–water partition coefficient (Wildman–Crippen LogP) is 1.32. The fourth-order valence-corrected chi connectivity index (χ4v) is 3.93. The number of sulfonamides is 1. The summed E-state index contributed by atoms with van der Waals surface area (Å²) >= 11 is 0. The number of fused-ring (bicyclic) bond motifs is 1. The topological polar surface area (TPSA) is 113 Å². The average Bonchev–Trinajstić information content (AvgIpc) is 2.78. The van der Waals surface area contributed by atoms with Crippen molar-refractivity contribution in [2.75, 3.05) is 11.9 Å². The minimum absolute atomic E-state index is 0.0453. The van der Waals surface area contributed by atoms with Crippen molar-refractivity contribution in [2.24, 2.45) is 0 Å². The zero-order valence-corrected chi connectivity index (χ0v) is 13.9. The Labute approximate surface area is 147 Å². The normalized spacial score (nSPS) is 14.7. The maximum Gasteiger partial charge on any atom is 0.326 e. The lowest BCUT2D eigenvalue weighted by Gasteiger charge is -2.14. The van der Waals surface area contributed by atoms with Crippen LogP contribution in [0.4, 0.5) is 14.9 Å². The van der Waals surface area contributed by atoms with Gasteiger partial charge in [-0.05, 0) is 24.3 Å². The van der Waals surface area contributed by atoms with E-state index in [9.17, 15) is 27.2 Å². The van der Waals surface area contributed by atoms with Crippen LogP contribution in [0.2, 0.25) is 0 Å². The molecular weight excluding hydrogens is 365 g/mol. The van der Waals surface area contributed by atoms with Crippen LogP contribution in [0.15, 0.2) is 53.4 Å². The Kier molecular flexibility index (Phi) is 4.43. The molecular formula is C16H12FN3O5S. The number of hydrogen-bond acceptors (Lipinski definition) is 5. The second-order valence-corrected chi connectivity index (χ2v) is 7.13. The number of para-hydroxylation sites is 1. The zero-order chi connectivity index (χ0) is 18.9. The molecule has 2 aromatic carbocycles. The van der Waals surface area contributed by atoms with Crippen LogP contribution in [0.5, 0.6) is 0 Å². The van der Waals surface area contributed by atoms with Crippen LogP contribution in [0, 0.1) is 5.82 Å². The molecule has 0 spiro atoms. The number of carbonyl (C=O) groups excluding carboxylic acids is 3. The molecule has 0 atom stereocenters. The van der Waals surface area contributed by atoms with E-state index in [0.717, 1.165) is 6.07 Å². The van der Waals surface area contributed by atoms with E-state index in [1.807, 2.05) is 5.32 Å². The van der Waals surface area contributed by atoms with Gasteiger partial charge in [0.05, 0.1) is 11.3 Å². The quantitative estimate of drug-likeness (QED) is 0.838. The summed E-state index contributed by atoms with van der Waals surface area (Å²) < 4.78 is 38.5. The first-order valence-electron chi connectivity index (χ1n) is 7.32. The van der Waals surface area contributed by atoms with Crippen molar-refractivity contribution in [3.63, 3.8) is 0 Å². The molecule has 0 aromatic heterocycles. The van der Waals surface area contributed by atoms with E-state index in [-0.39, 0.29) is 16.1 Å². The number of amides is 4. The van der Waals surface area contributed by atoms with Crippen molar-refractivity contribution in [3.8, 4) is 0 Å². The minimum atomic E-state index is -4.16. The van der Waals surface area contributed by atoms with Crippen LogP contribution in [-0.2, 0) is 14.8 Å². The number of halogens is 1. The number of imide groups is 1. The lowest BCUT2D eigenvalue weighted by atomic mass is 10.2. The van der Waals surface area contributed by atoms with Crippen LogP contribution in [-0.4, -0.2) is 37.1 Å². The van der Waals surface area contributed by atoms with Gasteiger partial charge in [-0.25, -0.2) is 21.9 Å². The standard InChI is InChI=1S/C16H12FN3O5S/c17-11-6-2-3-7-12(11)18-16(23)19-14(21)9-20-15(22)10-5-1-4-8-13(10)26(20,24)25/h1-8H,9H2,(H2,18,19,21,23). The number of rotatable bonds is 3. The Morgan fingerprint density at radius 1 is 1.04 bits per heavy atom. The highest BCUT2D eigenvalue weighted by molar-refractivity contribution is 7.90. The zero-order valence-electron chi connectivity index (χ0n) is 13.1. The summed E-state index contributed by atoms with van der Waals surface area (Å²) in [4.78, 5) is 35.7. The molecule has 10 heteroatoms. The number of anilines is 1. The Morgan fingerprint density at radius 3 is 2.38 bits per heavy atom. The molecule has 1 heterocycles. The predicted molar refractivity (Wildman–Crippen MR) is 88.2 cm³/mol. The van der Waals surface area contributed by atoms with Gasteiger partial charge in [-0.1, -0.05) is 24.3 Å². The van der Waals surface area contributed by atoms with E-state index in [4.69, 9.17) is 0 Å². The van der Waals surface area contributed by atoms with Gasteiger partial charge < -0.3 is 5.32 Å². The Morgan fingerprint density at radius 2 is 1.69 bits per heavy atom. The number of hydrogen-bond donors (Lipinski definition) is 2. The van der Waals surface area contributed by atoms with Crippen molar-refractivity contribution in [1.82, 2.24) is 9.62 Å². The van der Waals surface area contributed by atoms with Crippen molar-refractivity contribution in [3.05, 3.63) is 59.9 Å². The summed E-state index contributed by atoms with van der Waals surface area (Å²) in [7, 11) is -4.16. The summed E-state index contributed by atoms with van der Waals surface area (Å²) in [6.45, 7) is -0.874. The van der Waals surface area contributed by atoms with E-state index in [1.165, 1.54) is 42.5 Å². The Balaban J connectivity index is 1.68. The molecule has 134 valence electrons. The maximum absolute atomic E-state index is 13.5. The summed E-state index contributed by atoms with van der Waals surface area (Å²) in [5, 5.41) is 3.97. The fraction of sp³-hybridized carbons (Fsp3) is 0.0625. The van der Waals surface area contributed by atoms with Gasteiger partial charge in [0.1, 0.15) is 17.3 Å². The summed E-state index contributed by atoms with van der Waals surface area (Å²) in [6.07, 6.45) is 0. The third kappa shape index (κ3) is 3.14. The fourth-order valence-electron chi connectivity index (χ4n) is 2.40.